The minimum absolute atomic E-state index is 0.0952. The van der Waals surface area contributed by atoms with Gasteiger partial charge in [0.15, 0.2) is 0 Å². The normalized spacial score (nSPS) is 25.6. The van der Waals surface area contributed by atoms with E-state index in [1.807, 2.05) is 35.2 Å². The molecule has 0 unspecified atom stereocenters. The molecule has 0 spiro atoms. The molecular formula is C18H23N3O4. The molecule has 0 saturated carbocycles. The number of carboxylic acid groups (broad SMARTS) is 1. The lowest BCUT2D eigenvalue weighted by molar-refractivity contribution is -0.149. The van der Waals surface area contributed by atoms with Crippen molar-refractivity contribution in [1.29, 1.82) is 0 Å². The van der Waals surface area contributed by atoms with Crippen LogP contribution in [0.2, 0.25) is 0 Å². The van der Waals surface area contributed by atoms with Crippen LogP contribution in [-0.4, -0.2) is 65.4 Å². The molecule has 2 heterocycles. The van der Waals surface area contributed by atoms with Crippen LogP contribution < -0.4 is 5.32 Å². The van der Waals surface area contributed by atoms with Crippen LogP contribution >= 0.6 is 0 Å². The molecule has 134 valence electrons. The number of aliphatic carboxylic acids is 1. The predicted octanol–water partition coefficient (Wildman–Crippen LogP) is 0.168. The third kappa shape index (κ3) is 3.51. The summed E-state index contributed by atoms with van der Waals surface area (Å²) in [5.41, 5.74) is 0.0685. The standard InChI is InChI=1S/C18H23N3O4/c1-13(22)21-9-15-8-20(11-18(15,12-21)17(24)25)10-16(23)19-7-14-5-3-2-4-6-14/h2-6,15H,7-12H2,1H3,(H,19,23)(H,24,25)/t15-,18-/m1/s1. The maximum absolute atomic E-state index is 12.2. The van der Waals surface area contributed by atoms with Crippen molar-refractivity contribution in [3.05, 3.63) is 35.9 Å². The number of likely N-dealkylation sites (tertiary alicyclic amines) is 2. The van der Waals surface area contributed by atoms with Crippen molar-refractivity contribution in [2.24, 2.45) is 11.3 Å². The van der Waals surface area contributed by atoms with Gasteiger partial charge in [-0.3, -0.25) is 19.3 Å². The summed E-state index contributed by atoms with van der Waals surface area (Å²) >= 11 is 0. The Hall–Kier alpha value is -2.41. The number of amides is 2. The van der Waals surface area contributed by atoms with E-state index in [9.17, 15) is 19.5 Å². The molecule has 2 fully saturated rings. The van der Waals surface area contributed by atoms with E-state index in [4.69, 9.17) is 0 Å². The summed E-state index contributed by atoms with van der Waals surface area (Å²) in [6.07, 6.45) is 0. The monoisotopic (exact) mass is 345 g/mol. The first kappa shape index (κ1) is 17.4. The highest BCUT2D eigenvalue weighted by atomic mass is 16.4. The van der Waals surface area contributed by atoms with Gasteiger partial charge in [0.2, 0.25) is 11.8 Å². The maximum Gasteiger partial charge on any atom is 0.313 e. The Kier molecular flexibility index (Phi) is 4.76. The van der Waals surface area contributed by atoms with E-state index >= 15 is 0 Å². The topological polar surface area (TPSA) is 90.0 Å². The van der Waals surface area contributed by atoms with Gasteiger partial charge in [-0.15, -0.1) is 0 Å². The second-order valence-corrected chi connectivity index (χ2v) is 6.99. The predicted molar refractivity (Wildman–Crippen MR) is 90.5 cm³/mol. The van der Waals surface area contributed by atoms with E-state index in [-0.39, 0.29) is 30.8 Å². The van der Waals surface area contributed by atoms with Gasteiger partial charge in [-0.05, 0) is 5.56 Å². The number of hydrogen-bond acceptors (Lipinski definition) is 4. The zero-order chi connectivity index (χ0) is 18.0. The van der Waals surface area contributed by atoms with Crippen molar-refractivity contribution in [2.45, 2.75) is 13.5 Å². The smallest absolute Gasteiger partial charge is 0.313 e. The molecule has 2 aliphatic rings. The Morgan fingerprint density at radius 1 is 1.20 bits per heavy atom. The average molecular weight is 345 g/mol. The molecule has 2 saturated heterocycles. The molecular weight excluding hydrogens is 322 g/mol. The van der Waals surface area contributed by atoms with E-state index < -0.39 is 11.4 Å². The molecule has 7 heteroatoms. The van der Waals surface area contributed by atoms with Crippen LogP contribution in [0.1, 0.15) is 12.5 Å². The molecule has 0 bridgehead atoms. The number of nitrogens with zero attached hydrogens (tertiary/aromatic N) is 2. The van der Waals surface area contributed by atoms with Crippen LogP contribution in [0.25, 0.3) is 0 Å². The molecule has 1 aromatic rings. The number of carbonyl (C=O) groups is 3. The fraction of sp³-hybridized carbons (Fsp3) is 0.500. The van der Waals surface area contributed by atoms with Gasteiger partial charge in [-0.25, -0.2) is 0 Å². The summed E-state index contributed by atoms with van der Waals surface area (Å²) in [6, 6.07) is 9.64. The molecule has 3 rings (SSSR count). The van der Waals surface area contributed by atoms with Gasteiger partial charge in [-0.2, -0.15) is 0 Å². The lowest BCUT2D eigenvalue weighted by Crippen LogP contribution is -2.43. The number of carboxylic acids is 1. The second kappa shape index (κ2) is 6.84. The van der Waals surface area contributed by atoms with Crippen LogP contribution in [0.5, 0.6) is 0 Å². The fourth-order valence-corrected chi connectivity index (χ4v) is 3.89. The molecule has 2 aliphatic heterocycles. The highest BCUT2D eigenvalue weighted by molar-refractivity contribution is 5.81. The maximum atomic E-state index is 12.2. The number of fused-ring (bicyclic) bond motifs is 1. The van der Waals surface area contributed by atoms with Crippen LogP contribution in [0, 0.1) is 11.3 Å². The third-order valence-corrected chi connectivity index (χ3v) is 5.25. The Morgan fingerprint density at radius 3 is 2.52 bits per heavy atom. The molecule has 1 aromatic carbocycles. The number of nitrogens with one attached hydrogen (secondary N) is 1. The second-order valence-electron chi connectivity index (χ2n) is 6.99. The molecule has 25 heavy (non-hydrogen) atoms. The zero-order valence-electron chi connectivity index (χ0n) is 14.3. The largest absolute Gasteiger partial charge is 0.481 e. The molecule has 0 aromatic heterocycles. The number of benzene rings is 1. The Labute approximate surface area is 146 Å². The van der Waals surface area contributed by atoms with E-state index in [0.29, 0.717) is 26.2 Å². The van der Waals surface area contributed by atoms with Crippen molar-refractivity contribution in [3.63, 3.8) is 0 Å². The van der Waals surface area contributed by atoms with E-state index in [0.717, 1.165) is 5.56 Å². The lowest BCUT2D eigenvalue weighted by Gasteiger charge is -2.24. The average Bonchev–Trinajstić information content (AvgIpc) is 3.09. The van der Waals surface area contributed by atoms with Crippen molar-refractivity contribution in [1.82, 2.24) is 15.1 Å². The summed E-state index contributed by atoms with van der Waals surface area (Å²) < 4.78 is 0. The van der Waals surface area contributed by atoms with Gasteiger partial charge in [0, 0.05) is 45.6 Å². The van der Waals surface area contributed by atoms with Crippen LogP contribution in [0.4, 0.5) is 0 Å². The number of carbonyl (C=O) groups excluding carboxylic acids is 2. The first-order valence-electron chi connectivity index (χ1n) is 8.42. The van der Waals surface area contributed by atoms with Crippen molar-refractivity contribution < 1.29 is 19.5 Å². The van der Waals surface area contributed by atoms with Gasteiger partial charge in [0.25, 0.3) is 0 Å². The summed E-state index contributed by atoms with van der Waals surface area (Å²) in [4.78, 5) is 39.1. The first-order valence-corrected chi connectivity index (χ1v) is 8.42. The first-order chi connectivity index (χ1) is 11.9. The minimum Gasteiger partial charge on any atom is -0.481 e. The molecule has 2 atom stereocenters. The number of rotatable bonds is 5. The quantitative estimate of drug-likeness (QED) is 0.794. The van der Waals surface area contributed by atoms with Gasteiger partial charge in [0.05, 0.1) is 6.54 Å². The van der Waals surface area contributed by atoms with Crippen molar-refractivity contribution in [3.8, 4) is 0 Å². The Morgan fingerprint density at radius 2 is 1.92 bits per heavy atom. The van der Waals surface area contributed by atoms with Crippen molar-refractivity contribution in [2.75, 3.05) is 32.7 Å². The van der Waals surface area contributed by atoms with Crippen LogP contribution in [-0.2, 0) is 20.9 Å². The van der Waals surface area contributed by atoms with Gasteiger partial charge in [0.1, 0.15) is 5.41 Å². The van der Waals surface area contributed by atoms with Gasteiger partial charge < -0.3 is 15.3 Å². The highest BCUT2D eigenvalue weighted by Crippen LogP contribution is 2.42. The summed E-state index contributed by atoms with van der Waals surface area (Å²) in [5, 5.41) is 12.6. The highest BCUT2D eigenvalue weighted by Gasteiger charge is 2.58. The number of hydrogen-bond donors (Lipinski definition) is 2. The van der Waals surface area contributed by atoms with Gasteiger partial charge in [-0.1, -0.05) is 30.3 Å². The SMILES string of the molecule is CC(=O)N1C[C@H]2CN(CC(=O)NCc3ccccc3)C[C@@]2(C(=O)O)C1. The molecule has 0 radical (unpaired) electrons. The molecule has 2 N–H and O–H groups in total. The zero-order valence-corrected chi connectivity index (χ0v) is 14.3. The van der Waals surface area contributed by atoms with E-state index in [1.54, 1.807) is 4.90 Å². The molecule has 7 nitrogen and oxygen atoms in total. The van der Waals surface area contributed by atoms with E-state index in [1.165, 1.54) is 6.92 Å². The summed E-state index contributed by atoms with van der Waals surface area (Å²) in [6.45, 7) is 3.60. The van der Waals surface area contributed by atoms with Gasteiger partial charge >= 0.3 is 5.97 Å². The minimum atomic E-state index is -0.953. The Bertz CT molecular complexity index is 678. The lowest BCUT2D eigenvalue weighted by atomic mass is 9.81. The summed E-state index contributed by atoms with van der Waals surface area (Å²) in [5.74, 6) is -1.22. The molecule has 2 amide bonds. The van der Waals surface area contributed by atoms with Crippen LogP contribution in [0.15, 0.2) is 30.3 Å². The van der Waals surface area contributed by atoms with Crippen LogP contribution in [0.3, 0.4) is 0 Å². The third-order valence-electron chi connectivity index (χ3n) is 5.25. The fourth-order valence-electron chi connectivity index (χ4n) is 3.89. The molecule has 0 aliphatic carbocycles. The Balaban J connectivity index is 1.56. The van der Waals surface area contributed by atoms with E-state index in [2.05, 4.69) is 5.32 Å². The van der Waals surface area contributed by atoms with Crippen molar-refractivity contribution >= 4 is 17.8 Å². The summed E-state index contributed by atoms with van der Waals surface area (Å²) in [7, 11) is 0.